The highest BCUT2D eigenvalue weighted by atomic mass is 16.6. The van der Waals surface area contributed by atoms with Crippen LogP contribution in [0.4, 0.5) is 17.1 Å². The van der Waals surface area contributed by atoms with Gasteiger partial charge in [-0.25, -0.2) is 0 Å². The number of carbonyl (C=O) groups excluding carboxylic acids is 1. The van der Waals surface area contributed by atoms with Crippen molar-refractivity contribution in [1.82, 2.24) is 0 Å². The second kappa shape index (κ2) is 7.68. The van der Waals surface area contributed by atoms with Crippen LogP contribution in [0.15, 0.2) is 48.5 Å². The van der Waals surface area contributed by atoms with Crippen LogP contribution in [0, 0.1) is 20.2 Å². The summed E-state index contributed by atoms with van der Waals surface area (Å²) in [6.45, 7) is 0. The molecule has 0 atom stereocenters. The summed E-state index contributed by atoms with van der Waals surface area (Å²) < 4.78 is 4.91. The number of rotatable bonds is 6. The van der Waals surface area contributed by atoms with Gasteiger partial charge in [-0.3, -0.25) is 25.0 Å². The third-order valence-electron chi connectivity index (χ3n) is 3.17. The molecule has 9 heteroatoms. The highest BCUT2D eigenvalue weighted by molar-refractivity contribution is 6.03. The molecular formula is C16H13N3O6. The zero-order valence-electron chi connectivity index (χ0n) is 13.0. The molecule has 1 N–H and O–H groups in total. The molecule has 0 aliphatic heterocycles. The van der Waals surface area contributed by atoms with Crippen molar-refractivity contribution in [3.63, 3.8) is 0 Å². The number of benzene rings is 2. The minimum absolute atomic E-state index is 0.0134. The van der Waals surface area contributed by atoms with Crippen LogP contribution in [0.5, 0.6) is 5.75 Å². The van der Waals surface area contributed by atoms with E-state index in [-0.39, 0.29) is 22.8 Å². The Balaban J connectivity index is 2.16. The largest absolute Gasteiger partial charge is 0.496 e. The SMILES string of the molecule is COc1ccc(NC(=O)/C=C/c2cccc([N+](=O)[O-])c2)c([N+](=O)[O-])c1. The third-order valence-corrected chi connectivity index (χ3v) is 3.17. The number of nitrogens with zero attached hydrogens (tertiary/aromatic N) is 2. The summed E-state index contributed by atoms with van der Waals surface area (Å²) in [6.07, 6.45) is 2.50. The molecule has 2 aromatic carbocycles. The lowest BCUT2D eigenvalue weighted by molar-refractivity contribution is -0.384. The summed E-state index contributed by atoms with van der Waals surface area (Å²) in [4.78, 5) is 32.6. The fourth-order valence-corrected chi connectivity index (χ4v) is 1.98. The molecule has 128 valence electrons. The van der Waals surface area contributed by atoms with Crippen LogP contribution in [0.1, 0.15) is 5.56 Å². The van der Waals surface area contributed by atoms with E-state index in [1.165, 1.54) is 49.6 Å². The zero-order chi connectivity index (χ0) is 18.4. The number of non-ortho nitro benzene ring substituents is 1. The van der Waals surface area contributed by atoms with Crippen molar-refractivity contribution < 1.29 is 19.4 Å². The standard InChI is InChI=1S/C16H13N3O6/c1-25-13-6-7-14(15(10-13)19(23)24)17-16(20)8-5-11-3-2-4-12(9-11)18(21)22/h2-10H,1H3,(H,17,20)/b8-5+. The summed E-state index contributed by atoms with van der Waals surface area (Å²) in [6, 6.07) is 9.75. The van der Waals surface area contributed by atoms with E-state index in [0.717, 1.165) is 6.08 Å². The van der Waals surface area contributed by atoms with Gasteiger partial charge in [0.05, 0.1) is 23.0 Å². The molecular weight excluding hydrogens is 330 g/mol. The van der Waals surface area contributed by atoms with Crippen LogP contribution in [-0.2, 0) is 4.79 Å². The van der Waals surface area contributed by atoms with E-state index in [1.54, 1.807) is 6.07 Å². The van der Waals surface area contributed by atoms with Crippen molar-refractivity contribution in [3.8, 4) is 5.75 Å². The summed E-state index contributed by atoms with van der Waals surface area (Å²) in [5, 5.41) is 24.2. The molecule has 0 saturated heterocycles. The van der Waals surface area contributed by atoms with E-state index < -0.39 is 15.8 Å². The van der Waals surface area contributed by atoms with E-state index in [2.05, 4.69) is 5.32 Å². The number of anilines is 1. The molecule has 0 radical (unpaired) electrons. The first kappa shape index (κ1) is 17.6. The van der Waals surface area contributed by atoms with Crippen molar-refractivity contribution in [2.45, 2.75) is 0 Å². The van der Waals surface area contributed by atoms with E-state index in [9.17, 15) is 25.0 Å². The number of hydrogen-bond acceptors (Lipinski definition) is 6. The normalized spacial score (nSPS) is 10.4. The number of nitrogens with one attached hydrogen (secondary N) is 1. The third kappa shape index (κ3) is 4.61. The van der Waals surface area contributed by atoms with Crippen molar-refractivity contribution >= 4 is 29.0 Å². The maximum Gasteiger partial charge on any atom is 0.296 e. The van der Waals surface area contributed by atoms with Crippen molar-refractivity contribution in [2.75, 3.05) is 12.4 Å². The van der Waals surface area contributed by atoms with Crippen molar-refractivity contribution in [3.05, 3.63) is 74.3 Å². The molecule has 2 aromatic rings. The van der Waals surface area contributed by atoms with Gasteiger partial charge in [0.15, 0.2) is 0 Å². The van der Waals surface area contributed by atoms with Crippen LogP contribution in [-0.4, -0.2) is 22.9 Å². The fourth-order valence-electron chi connectivity index (χ4n) is 1.98. The van der Waals surface area contributed by atoms with Gasteiger partial charge in [0.2, 0.25) is 5.91 Å². The van der Waals surface area contributed by atoms with Gasteiger partial charge in [-0.05, 0) is 23.8 Å². The molecule has 0 saturated carbocycles. The Morgan fingerprint density at radius 3 is 2.52 bits per heavy atom. The average Bonchev–Trinajstić information content (AvgIpc) is 2.60. The fraction of sp³-hybridized carbons (Fsp3) is 0.0625. The van der Waals surface area contributed by atoms with Gasteiger partial charge < -0.3 is 10.1 Å². The van der Waals surface area contributed by atoms with Gasteiger partial charge in [0.1, 0.15) is 11.4 Å². The molecule has 0 aromatic heterocycles. The highest BCUT2D eigenvalue weighted by Crippen LogP contribution is 2.28. The Hall–Kier alpha value is -3.75. The lowest BCUT2D eigenvalue weighted by atomic mass is 10.2. The number of nitro groups is 2. The highest BCUT2D eigenvalue weighted by Gasteiger charge is 2.16. The predicted octanol–water partition coefficient (Wildman–Crippen LogP) is 3.16. The lowest BCUT2D eigenvalue weighted by Crippen LogP contribution is -2.09. The molecule has 1 amide bonds. The Bertz CT molecular complexity index is 863. The number of nitro benzene ring substituents is 2. The number of carbonyl (C=O) groups is 1. The quantitative estimate of drug-likeness (QED) is 0.488. The number of hydrogen-bond donors (Lipinski definition) is 1. The van der Waals surface area contributed by atoms with Gasteiger partial charge >= 0.3 is 0 Å². The summed E-state index contributed by atoms with van der Waals surface area (Å²) in [5.41, 5.74) is 0.0536. The van der Waals surface area contributed by atoms with Gasteiger partial charge in [-0.2, -0.15) is 0 Å². The Morgan fingerprint density at radius 1 is 1.12 bits per heavy atom. The molecule has 25 heavy (non-hydrogen) atoms. The molecule has 0 bridgehead atoms. The van der Waals surface area contributed by atoms with Crippen molar-refractivity contribution in [2.24, 2.45) is 0 Å². The summed E-state index contributed by atoms with van der Waals surface area (Å²) in [7, 11) is 1.37. The predicted molar refractivity (Wildman–Crippen MR) is 90.4 cm³/mol. The minimum Gasteiger partial charge on any atom is -0.496 e. The molecule has 9 nitrogen and oxygen atoms in total. The number of amides is 1. The van der Waals surface area contributed by atoms with Crippen LogP contribution in [0.3, 0.4) is 0 Å². The maximum atomic E-state index is 11.9. The molecule has 0 aliphatic rings. The van der Waals surface area contributed by atoms with Crippen LogP contribution in [0.2, 0.25) is 0 Å². The molecule has 0 unspecified atom stereocenters. The lowest BCUT2D eigenvalue weighted by Gasteiger charge is -2.05. The van der Waals surface area contributed by atoms with Gasteiger partial charge in [0, 0.05) is 18.2 Å². The first-order chi connectivity index (χ1) is 11.9. The first-order valence-electron chi connectivity index (χ1n) is 6.96. The van der Waals surface area contributed by atoms with Gasteiger partial charge in [-0.1, -0.05) is 12.1 Å². The van der Waals surface area contributed by atoms with E-state index in [0.29, 0.717) is 5.56 Å². The zero-order valence-corrected chi connectivity index (χ0v) is 13.0. The molecule has 2 rings (SSSR count). The second-order valence-electron chi connectivity index (χ2n) is 4.81. The van der Waals surface area contributed by atoms with Crippen LogP contribution >= 0.6 is 0 Å². The van der Waals surface area contributed by atoms with Crippen molar-refractivity contribution in [1.29, 1.82) is 0 Å². The van der Waals surface area contributed by atoms with Crippen LogP contribution in [0.25, 0.3) is 6.08 Å². The Morgan fingerprint density at radius 2 is 1.88 bits per heavy atom. The topological polar surface area (TPSA) is 125 Å². The average molecular weight is 343 g/mol. The minimum atomic E-state index is -0.637. The Kier molecular flexibility index (Phi) is 5.41. The summed E-state index contributed by atoms with van der Waals surface area (Å²) in [5.74, 6) is -0.323. The van der Waals surface area contributed by atoms with E-state index >= 15 is 0 Å². The van der Waals surface area contributed by atoms with Crippen LogP contribution < -0.4 is 10.1 Å². The maximum absolute atomic E-state index is 11.9. The molecule has 0 spiro atoms. The number of methoxy groups -OCH3 is 1. The summed E-state index contributed by atoms with van der Waals surface area (Å²) >= 11 is 0. The molecule has 0 fully saturated rings. The van der Waals surface area contributed by atoms with Gasteiger partial charge in [0.25, 0.3) is 11.4 Å². The number of ether oxygens (including phenoxy) is 1. The van der Waals surface area contributed by atoms with E-state index in [4.69, 9.17) is 4.74 Å². The first-order valence-corrected chi connectivity index (χ1v) is 6.96. The monoisotopic (exact) mass is 343 g/mol. The van der Waals surface area contributed by atoms with E-state index in [1.807, 2.05) is 0 Å². The molecule has 0 heterocycles. The smallest absolute Gasteiger partial charge is 0.296 e. The second-order valence-corrected chi connectivity index (χ2v) is 4.81. The Labute approximate surface area is 141 Å². The van der Waals surface area contributed by atoms with Gasteiger partial charge in [-0.15, -0.1) is 0 Å². The molecule has 0 aliphatic carbocycles.